The second kappa shape index (κ2) is 5.09. The van der Waals surface area contributed by atoms with E-state index in [-0.39, 0.29) is 10.0 Å². The van der Waals surface area contributed by atoms with Crippen LogP contribution >= 0.6 is 11.3 Å². The zero-order chi connectivity index (χ0) is 14.0. The summed E-state index contributed by atoms with van der Waals surface area (Å²) in [5.74, 6) is -1.08. The van der Waals surface area contributed by atoms with Crippen molar-refractivity contribution >= 4 is 22.4 Å². The van der Waals surface area contributed by atoms with Crippen LogP contribution in [-0.4, -0.2) is 16.1 Å². The standard InChI is InChI=1S/C12H10N4O2S/c1-6-3-4-7(2)8(5-6)9-10(11(17)18)19-12(14-9)15-16-13/h3-5H,1-2H3,(H,17,18). The summed E-state index contributed by atoms with van der Waals surface area (Å²) in [6.45, 7) is 3.80. The number of hydrogen-bond acceptors (Lipinski definition) is 4. The van der Waals surface area contributed by atoms with Crippen molar-refractivity contribution in [3.63, 3.8) is 0 Å². The molecule has 0 radical (unpaired) electrons. The number of nitrogens with zero attached hydrogens (tertiary/aromatic N) is 4. The van der Waals surface area contributed by atoms with Gasteiger partial charge in [-0.25, -0.2) is 9.78 Å². The van der Waals surface area contributed by atoms with Gasteiger partial charge in [0.25, 0.3) is 0 Å². The Morgan fingerprint density at radius 3 is 2.84 bits per heavy atom. The summed E-state index contributed by atoms with van der Waals surface area (Å²) in [7, 11) is 0. The molecule has 1 heterocycles. The average molecular weight is 274 g/mol. The topological polar surface area (TPSA) is 99.0 Å². The molecular weight excluding hydrogens is 264 g/mol. The number of thiazole rings is 1. The molecule has 7 heteroatoms. The SMILES string of the molecule is Cc1ccc(C)c(-c2nc(N=[N+]=[N-])sc2C(=O)O)c1. The van der Waals surface area contributed by atoms with E-state index in [2.05, 4.69) is 15.0 Å². The molecule has 0 unspecified atom stereocenters. The van der Waals surface area contributed by atoms with Crippen molar-refractivity contribution in [3.05, 3.63) is 44.6 Å². The summed E-state index contributed by atoms with van der Waals surface area (Å²) in [6.07, 6.45) is 0. The summed E-state index contributed by atoms with van der Waals surface area (Å²) >= 11 is 0.871. The first kappa shape index (κ1) is 13.1. The van der Waals surface area contributed by atoms with Crippen molar-refractivity contribution in [1.82, 2.24) is 4.98 Å². The molecule has 2 rings (SSSR count). The Kier molecular flexibility index (Phi) is 3.50. The van der Waals surface area contributed by atoms with Crippen LogP contribution in [0, 0.1) is 13.8 Å². The molecule has 1 aromatic carbocycles. The third kappa shape index (κ3) is 2.57. The Balaban J connectivity index is 2.69. The lowest BCUT2D eigenvalue weighted by atomic mass is 10.0. The largest absolute Gasteiger partial charge is 0.477 e. The minimum atomic E-state index is -1.08. The Hall–Kier alpha value is -2.37. The number of aromatic carboxylic acids is 1. The molecule has 96 valence electrons. The van der Waals surface area contributed by atoms with E-state index in [1.54, 1.807) is 0 Å². The first-order chi connectivity index (χ1) is 9.02. The minimum absolute atomic E-state index is 0.0797. The van der Waals surface area contributed by atoms with Gasteiger partial charge in [0.05, 0.1) is 5.69 Å². The fourth-order valence-corrected chi connectivity index (χ4v) is 2.44. The number of carboxylic acid groups (broad SMARTS) is 1. The van der Waals surface area contributed by atoms with Crippen molar-refractivity contribution in [2.24, 2.45) is 5.11 Å². The highest BCUT2D eigenvalue weighted by Gasteiger charge is 2.19. The van der Waals surface area contributed by atoms with Gasteiger partial charge in [-0.3, -0.25) is 0 Å². The van der Waals surface area contributed by atoms with Gasteiger partial charge in [0.2, 0.25) is 0 Å². The maximum atomic E-state index is 11.2. The molecule has 0 atom stereocenters. The van der Waals surface area contributed by atoms with Crippen molar-refractivity contribution in [2.45, 2.75) is 13.8 Å². The van der Waals surface area contributed by atoms with Crippen molar-refractivity contribution in [3.8, 4) is 11.3 Å². The molecule has 0 saturated carbocycles. The van der Waals surface area contributed by atoms with E-state index in [1.165, 1.54) is 0 Å². The number of hydrogen-bond donors (Lipinski definition) is 1. The van der Waals surface area contributed by atoms with E-state index < -0.39 is 5.97 Å². The lowest BCUT2D eigenvalue weighted by molar-refractivity contribution is 0.0702. The van der Waals surface area contributed by atoms with Crippen LogP contribution in [-0.2, 0) is 0 Å². The van der Waals surface area contributed by atoms with E-state index in [1.807, 2.05) is 32.0 Å². The number of aryl methyl sites for hydroxylation is 2. The Bertz CT molecular complexity index is 702. The molecule has 1 N–H and O–H groups in total. The molecule has 0 spiro atoms. The number of carboxylic acids is 1. The van der Waals surface area contributed by atoms with Gasteiger partial charge in [-0.2, -0.15) is 0 Å². The maximum Gasteiger partial charge on any atom is 0.348 e. The highest BCUT2D eigenvalue weighted by atomic mass is 32.1. The molecule has 0 aliphatic carbocycles. The molecular formula is C12H10N4O2S. The van der Waals surface area contributed by atoms with Crippen LogP contribution in [0.1, 0.15) is 20.8 Å². The predicted molar refractivity (Wildman–Crippen MR) is 72.8 cm³/mol. The van der Waals surface area contributed by atoms with Crippen LogP contribution in [0.2, 0.25) is 0 Å². The normalized spacial score (nSPS) is 10.0. The summed E-state index contributed by atoms with van der Waals surface area (Å²) in [5, 5.41) is 12.7. The number of rotatable bonds is 3. The average Bonchev–Trinajstić information content (AvgIpc) is 2.77. The van der Waals surface area contributed by atoms with Crippen molar-refractivity contribution in [2.75, 3.05) is 0 Å². The van der Waals surface area contributed by atoms with Gasteiger partial charge in [-0.1, -0.05) is 17.7 Å². The summed E-state index contributed by atoms with van der Waals surface area (Å²) < 4.78 is 0. The minimum Gasteiger partial charge on any atom is -0.477 e. The van der Waals surface area contributed by atoms with E-state index in [9.17, 15) is 9.90 Å². The molecule has 19 heavy (non-hydrogen) atoms. The van der Waals surface area contributed by atoms with Crippen LogP contribution in [0.25, 0.3) is 21.7 Å². The van der Waals surface area contributed by atoms with Crippen LogP contribution in [0.3, 0.4) is 0 Å². The molecule has 0 aliphatic rings. The molecule has 2 aromatic rings. The molecule has 0 bridgehead atoms. The molecule has 1 aromatic heterocycles. The number of aromatic nitrogens is 1. The van der Waals surface area contributed by atoms with Gasteiger partial charge in [-0.05, 0) is 36.1 Å². The zero-order valence-corrected chi connectivity index (χ0v) is 11.1. The van der Waals surface area contributed by atoms with Gasteiger partial charge >= 0.3 is 5.97 Å². The van der Waals surface area contributed by atoms with Crippen LogP contribution in [0.15, 0.2) is 23.3 Å². The first-order valence-electron chi connectivity index (χ1n) is 5.39. The van der Waals surface area contributed by atoms with Crippen LogP contribution < -0.4 is 0 Å². The van der Waals surface area contributed by atoms with E-state index >= 15 is 0 Å². The molecule has 0 amide bonds. The third-order valence-electron chi connectivity index (χ3n) is 2.59. The quantitative estimate of drug-likeness (QED) is 0.518. The highest BCUT2D eigenvalue weighted by molar-refractivity contribution is 7.17. The summed E-state index contributed by atoms with van der Waals surface area (Å²) in [5.41, 5.74) is 11.4. The predicted octanol–water partition coefficient (Wildman–Crippen LogP) is 4.07. The van der Waals surface area contributed by atoms with Gasteiger partial charge < -0.3 is 5.11 Å². The van der Waals surface area contributed by atoms with Gasteiger partial charge in [0.1, 0.15) is 4.88 Å². The summed E-state index contributed by atoms with van der Waals surface area (Å²) in [6, 6.07) is 5.72. The lowest BCUT2D eigenvalue weighted by Gasteiger charge is -2.05. The monoisotopic (exact) mass is 274 g/mol. The van der Waals surface area contributed by atoms with Crippen molar-refractivity contribution in [1.29, 1.82) is 0 Å². The lowest BCUT2D eigenvalue weighted by Crippen LogP contribution is -1.96. The smallest absolute Gasteiger partial charge is 0.348 e. The third-order valence-corrected chi connectivity index (χ3v) is 3.52. The Labute approximate surface area is 113 Å². The van der Waals surface area contributed by atoms with E-state index in [0.717, 1.165) is 28.0 Å². The molecule has 0 aliphatic heterocycles. The number of azide groups is 1. The molecule has 0 saturated heterocycles. The fourth-order valence-electron chi connectivity index (χ4n) is 1.71. The second-order valence-corrected chi connectivity index (χ2v) is 4.96. The maximum absolute atomic E-state index is 11.2. The highest BCUT2D eigenvalue weighted by Crippen LogP contribution is 2.34. The Morgan fingerprint density at radius 1 is 1.47 bits per heavy atom. The second-order valence-electron chi connectivity index (χ2n) is 3.99. The van der Waals surface area contributed by atoms with Crippen LogP contribution in [0.5, 0.6) is 0 Å². The van der Waals surface area contributed by atoms with E-state index in [0.29, 0.717) is 5.69 Å². The molecule has 0 fully saturated rings. The molecule has 6 nitrogen and oxygen atoms in total. The van der Waals surface area contributed by atoms with E-state index in [4.69, 9.17) is 5.53 Å². The number of carbonyl (C=O) groups is 1. The van der Waals surface area contributed by atoms with Gasteiger partial charge in [0, 0.05) is 10.5 Å². The van der Waals surface area contributed by atoms with Gasteiger partial charge in [0.15, 0.2) is 5.13 Å². The first-order valence-corrected chi connectivity index (χ1v) is 6.21. The van der Waals surface area contributed by atoms with Gasteiger partial charge in [-0.15, -0.1) is 11.3 Å². The fraction of sp³-hybridized carbons (Fsp3) is 0.167. The number of benzene rings is 1. The summed E-state index contributed by atoms with van der Waals surface area (Å²) in [4.78, 5) is 18.1. The van der Waals surface area contributed by atoms with Crippen molar-refractivity contribution < 1.29 is 9.90 Å². The van der Waals surface area contributed by atoms with Crippen LogP contribution in [0.4, 0.5) is 5.13 Å². The Morgan fingerprint density at radius 2 is 2.21 bits per heavy atom. The zero-order valence-electron chi connectivity index (χ0n) is 10.3.